The second kappa shape index (κ2) is 9.39. The Morgan fingerprint density at radius 3 is 2.15 bits per heavy atom. The Morgan fingerprint density at radius 2 is 1.59 bits per heavy atom. The molecule has 1 aliphatic heterocycles. The van der Waals surface area contributed by atoms with Crippen molar-refractivity contribution in [2.45, 2.75) is 37.3 Å². The summed E-state index contributed by atoms with van der Waals surface area (Å²) in [6.45, 7) is -0.388. The number of ether oxygens (including phenoxy) is 4. The summed E-state index contributed by atoms with van der Waals surface area (Å²) >= 11 is 0. The van der Waals surface area contributed by atoms with E-state index in [1.807, 2.05) is 60.7 Å². The maximum atomic E-state index is 14.1. The lowest BCUT2D eigenvalue weighted by molar-refractivity contribution is -0.202. The van der Waals surface area contributed by atoms with Crippen LogP contribution in [0, 0.1) is 0 Å². The van der Waals surface area contributed by atoms with Gasteiger partial charge in [0.15, 0.2) is 11.9 Å². The topological polar surface area (TPSA) is 57.2 Å². The number of halogens is 1. The summed E-state index contributed by atoms with van der Waals surface area (Å²) in [4.78, 5) is 0. The van der Waals surface area contributed by atoms with Crippen LogP contribution in [0.2, 0.25) is 0 Å². The van der Waals surface area contributed by atoms with Crippen molar-refractivity contribution in [3.05, 3.63) is 71.8 Å². The van der Waals surface area contributed by atoms with Crippen molar-refractivity contribution in [2.75, 3.05) is 20.4 Å². The lowest BCUT2D eigenvalue weighted by Crippen LogP contribution is -2.50. The van der Waals surface area contributed by atoms with E-state index >= 15 is 0 Å². The molecular weight excluding hydrogens is 351 g/mol. The summed E-state index contributed by atoms with van der Waals surface area (Å²) in [7, 11) is 1.40. The molecule has 0 spiro atoms. The minimum Gasteiger partial charge on any atom is -0.385 e. The van der Waals surface area contributed by atoms with Gasteiger partial charge < -0.3 is 24.1 Å². The van der Waals surface area contributed by atoms with Crippen molar-refractivity contribution >= 4 is 0 Å². The van der Waals surface area contributed by atoms with E-state index < -0.39 is 30.8 Å². The molecule has 1 heterocycles. The molecule has 1 fully saturated rings. The highest BCUT2D eigenvalue weighted by Crippen LogP contribution is 2.35. The maximum absolute atomic E-state index is 14.1. The molecule has 146 valence electrons. The number of benzene rings is 2. The van der Waals surface area contributed by atoms with Gasteiger partial charge in [-0.1, -0.05) is 60.7 Å². The Morgan fingerprint density at radius 1 is 1.00 bits per heavy atom. The van der Waals surface area contributed by atoms with Crippen LogP contribution in [0.3, 0.4) is 0 Å². The number of aliphatic hydroxyl groups excluding tert-OH is 1. The Bertz CT molecular complexity index is 683. The minimum absolute atomic E-state index is 0.0607. The highest BCUT2D eigenvalue weighted by atomic mass is 19.1. The molecule has 0 bridgehead atoms. The summed E-state index contributed by atoms with van der Waals surface area (Å²) < 4.78 is 36.5. The third kappa shape index (κ3) is 4.72. The molecule has 5 nitrogen and oxygen atoms in total. The van der Waals surface area contributed by atoms with Gasteiger partial charge in [-0.3, -0.25) is 0 Å². The van der Waals surface area contributed by atoms with Gasteiger partial charge in [-0.05, 0) is 11.1 Å². The van der Waals surface area contributed by atoms with E-state index in [2.05, 4.69) is 0 Å². The summed E-state index contributed by atoms with van der Waals surface area (Å²) in [6, 6.07) is 19.1. The zero-order chi connectivity index (χ0) is 19.1. The molecule has 2 aromatic carbocycles. The fraction of sp³-hybridized carbons (Fsp3) is 0.429. The number of hydrogen-bond donors (Lipinski definition) is 1. The highest BCUT2D eigenvalue weighted by molar-refractivity contribution is 5.15. The third-order valence-electron chi connectivity index (χ3n) is 4.65. The second-order valence-corrected chi connectivity index (χ2v) is 6.61. The van der Waals surface area contributed by atoms with Gasteiger partial charge in [0.05, 0.1) is 19.8 Å². The van der Waals surface area contributed by atoms with E-state index in [0.717, 1.165) is 11.1 Å². The first-order valence-electron chi connectivity index (χ1n) is 8.90. The number of aliphatic hydroxyl groups is 1. The summed E-state index contributed by atoms with van der Waals surface area (Å²) in [5, 5.41) is 10.5. The van der Waals surface area contributed by atoms with Crippen LogP contribution in [0.1, 0.15) is 11.1 Å². The maximum Gasteiger partial charge on any atom is 0.186 e. The molecule has 1 unspecified atom stereocenters. The quantitative estimate of drug-likeness (QED) is 0.729. The average Bonchev–Trinajstić information content (AvgIpc) is 2.99. The van der Waals surface area contributed by atoms with Gasteiger partial charge in [0.1, 0.15) is 18.9 Å². The van der Waals surface area contributed by atoms with Crippen LogP contribution in [0.15, 0.2) is 60.7 Å². The molecule has 0 saturated carbocycles. The molecule has 0 aromatic heterocycles. The molecule has 0 amide bonds. The molecule has 4 atom stereocenters. The fourth-order valence-corrected chi connectivity index (χ4v) is 3.20. The van der Waals surface area contributed by atoms with Gasteiger partial charge in [-0.25, -0.2) is 4.39 Å². The molecule has 2 aromatic rings. The average molecular weight is 376 g/mol. The van der Waals surface area contributed by atoms with Crippen LogP contribution in [0.4, 0.5) is 4.39 Å². The highest BCUT2D eigenvalue weighted by Gasteiger charge is 2.56. The minimum atomic E-state index is -1.43. The van der Waals surface area contributed by atoms with Crippen molar-refractivity contribution in [3.8, 4) is 0 Å². The van der Waals surface area contributed by atoms with Gasteiger partial charge in [0.2, 0.25) is 0 Å². The van der Waals surface area contributed by atoms with E-state index in [9.17, 15) is 9.50 Å². The zero-order valence-electron chi connectivity index (χ0n) is 15.3. The van der Waals surface area contributed by atoms with E-state index in [1.54, 1.807) is 0 Å². The standard InChI is InChI=1S/C21H25FO5/c1-24-20-18(23)19(26-13-17-10-6-3-7-11-17)21(14-22,27-20)15-25-12-16-8-4-2-5-9-16/h2-11,18-20,23H,12-15H2,1H3/t18-,19+,20+,21?/m1/s1. The molecule has 1 saturated heterocycles. The fourth-order valence-electron chi connectivity index (χ4n) is 3.20. The van der Waals surface area contributed by atoms with Gasteiger partial charge >= 0.3 is 0 Å². The number of rotatable bonds is 9. The number of methoxy groups -OCH3 is 1. The predicted octanol–water partition coefficient (Wildman–Crippen LogP) is 2.86. The van der Waals surface area contributed by atoms with E-state index in [1.165, 1.54) is 7.11 Å². The number of alkyl halides is 1. The summed E-state index contributed by atoms with van der Waals surface area (Å²) in [6.07, 6.45) is -3.00. The van der Waals surface area contributed by atoms with Gasteiger partial charge in [-0.2, -0.15) is 0 Å². The van der Waals surface area contributed by atoms with E-state index in [-0.39, 0.29) is 13.2 Å². The molecule has 0 radical (unpaired) electrons. The Hall–Kier alpha value is -1.83. The summed E-state index contributed by atoms with van der Waals surface area (Å²) in [5.74, 6) is 0. The monoisotopic (exact) mass is 376 g/mol. The normalized spacial score (nSPS) is 27.7. The van der Waals surface area contributed by atoms with Gasteiger partial charge in [0, 0.05) is 7.11 Å². The SMILES string of the molecule is CO[C@H]1OC(CF)(COCc2ccccc2)[C@@H](OCc2ccccc2)[C@H]1O. The number of hydrogen-bond acceptors (Lipinski definition) is 5. The van der Waals surface area contributed by atoms with Crippen LogP contribution in [-0.2, 0) is 32.2 Å². The first-order valence-corrected chi connectivity index (χ1v) is 8.90. The van der Waals surface area contributed by atoms with Crippen molar-refractivity contribution < 1.29 is 28.4 Å². The lowest BCUT2D eigenvalue weighted by Gasteiger charge is -2.31. The summed E-state index contributed by atoms with van der Waals surface area (Å²) in [5.41, 5.74) is 0.461. The smallest absolute Gasteiger partial charge is 0.186 e. The first kappa shape index (κ1) is 19.9. The van der Waals surface area contributed by atoms with Crippen molar-refractivity contribution in [3.63, 3.8) is 0 Å². The molecule has 1 aliphatic rings. The molecule has 6 heteroatoms. The van der Waals surface area contributed by atoms with E-state index in [0.29, 0.717) is 6.61 Å². The lowest BCUT2D eigenvalue weighted by atomic mass is 9.97. The second-order valence-electron chi connectivity index (χ2n) is 6.61. The molecule has 27 heavy (non-hydrogen) atoms. The largest absolute Gasteiger partial charge is 0.385 e. The third-order valence-corrected chi connectivity index (χ3v) is 4.65. The van der Waals surface area contributed by atoms with E-state index in [4.69, 9.17) is 18.9 Å². The van der Waals surface area contributed by atoms with Gasteiger partial charge in [-0.15, -0.1) is 0 Å². The van der Waals surface area contributed by atoms with Crippen LogP contribution in [-0.4, -0.2) is 49.6 Å². The van der Waals surface area contributed by atoms with Crippen LogP contribution < -0.4 is 0 Å². The van der Waals surface area contributed by atoms with Crippen molar-refractivity contribution in [1.82, 2.24) is 0 Å². The first-order chi connectivity index (χ1) is 13.2. The van der Waals surface area contributed by atoms with Gasteiger partial charge in [0.25, 0.3) is 0 Å². The van der Waals surface area contributed by atoms with Crippen LogP contribution in [0.25, 0.3) is 0 Å². The predicted molar refractivity (Wildman–Crippen MR) is 97.7 cm³/mol. The Kier molecular flexibility index (Phi) is 6.93. The molecule has 3 rings (SSSR count). The van der Waals surface area contributed by atoms with Crippen molar-refractivity contribution in [2.24, 2.45) is 0 Å². The molecule has 0 aliphatic carbocycles. The van der Waals surface area contributed by atoms with Crippen LogP contribution in [0.5, 0.6) is 0 Å². The Balaban J connectivity index is 1.68. The Labute approximate surface area is 158 Å². The molecular formula is C21H25FO5. The molecule has 1 N–H and O–H groups in total. The van der Waals surface area contributed by atoms with Crippen LogP contribution >= 0.6 is 0 Å². The van der Waals surface area contributed by atoms with Crippen molar-refractivity contribution in [1.29, 1.82) is 0 Å². The zero-order valence-corrected chi connectivity index (χ0v) is 15.3.